The molecule has 1 atom stereocenters. The van der Waals surface area contributed by atoms with E-state index in [4.69, 9.17) is 0 Å². The smallest absolute Gasteiger partial charge is 0.321 e. The van der Waals surface area contributed by atoms with Crippen molar-refractivity contribution in [1.29, 1.82) is 0 Å². The van der Waals surface area contributed by atoms with E-state index in [1.54, 1.807) is 13.8 Å². The predicted molar refractivity (Wildman–Crippen MR) is 116 cm³/mol. The molecule has 7 nitrogen and oxygen atoms in total. The summed E-state index contributed by atoms with van der Waals surface area (Å²) in [5.74, 6) is -4.17. The van der Waals surface area contributed by atoms with Crippen LogP contribution >= 0.6 is 0 Å². The summed E-state index contributed by atoms with van der Waals surface area (Å²) in [5.41, 5.74) is -0.291. The average Bonchev–Trinajstić information content (AvgIpc) is 2.78. The molecule has 176 valence electrons. The molecule has 0 spiro atoms. The summed E-state index contributed by atoms with van der Waals surface area (Å²) >= 11 is 0. The van der Waals surface area contributed by atoms with Crippen LogP contribution < -0.4 is 10.6 Å². The summed E-state index contributed by atoms with van der Waals surface area (Å²) in [6.07, 6.45) is 0. The zero-order valence-corrected chi connectivity index (χ0v) is 18.3. The van der Waals surface area contributed by atoms with E-state index in [2.05, 4.69) is 10.6 Å². The third-order valence-corrected chi connectivity index (χ3v) is 5.38. The Kier molecular flexibility index (Phi) is 7.57. The van der Waals surface area contributed by atoms with Crippen LogP contribution in [0.5, 0.6) is 0 Å². The maximum absolute atomic E-state index is 13.9. The Morgan fingerprint density at radius 3 is 1.94 bits per heavy atom. The van der Waals surface area contributed by atoms with Crippen molar-refractivity contribution in [3.8, 4) is 0 Å². The van der Waals surface area contributed by atoms with E-state index in [1.165, 1.54) is 34.1 Å². The van der Waals surface area contributed by atoms with E-state index in [1.807, 2.05) is 0 Å². The molecular weight excluding hydrogens is 437 g/mol. The molecule has 0 aliphatic carbocycles. The van der Waals surface area contributed by atoms with Crippen molar-refractivity contribution in [2.45, 2.75) is 19.9 Å². The largest absolute Gasteiger partial charge is 0.340 e. The van der Waals surface area contributed by atoms with Crippen molar-refractivity contribution in [2.24, 2.45) is 5.92 Å². The molecule has 0 unspecified atom stereocenters. The predicted octanol–water partition coefficient (Wildman–Crippen LogP) is 3.23. The van der Waals surface area contributed by atoms with Crippen LogP contribution in [-0.4, -0.2) is 59.9 Å². The number of piperazine rings is 1. The number of amides is 4. The molecule has 10 heteroatoms. The molecular formula is C23H25F3N4O3. The van der Waals surface area contributed by atoms with Crippen molar-refractivity contribution in [3.05, 3.63) is 65.5 Å². The third-order valence-electron chi connectivity index (χ3n) is 5.38. The highest BCUT2D eigenvalue weighted by molar-refractivity contribution is 5.98. The Hall–Kier alpha value is -3.56. The summed E-state index contributed by atoms with van der Waals surface area (Å²) in [5, 5.41) is 5.12. The lowest BCUT2D eigenvalue weighted by molar-refractivity contribution is -0.135. The number of carbonyl (C=O) groups is 3. The summed E-state index contributed by atoms with van der Waals surface area (Å²) in [6, 6.07) is 7.09. The normalized spacial score (nSPS) is 14.7. The van der Waals surface area contributed by atoms with Crippen LogP contribution in [0.3, 0.4) is 0 Å². The zero-order valence-electron chi connectivity index (χ0n) is 18.3. The Morgan fingerprint density at radius 1 is 0.848 bits per heavy atom. The van der Waals surface area contributed by atoms with Crippen LogP contribution in [0.2, 0.25) is 0 Å². The van der Waals surface area contributed by atoms with Gasteiger partial charge in [-0.25, -0.2) is 18.0 Å². The van der Waals surface area contributed by atoms with Gasteiger partial charge in [-0.2, -0.15) is 0 Å². The molecule has 1 fully saturated rings. The SMILES string of the molecule is CC(C)[C@H](NC(=O)c1c(F)cccc1F)C(=O)N1CCN(C(=O)Nc2ccc(F)cc2)CC1. The lowest BCUT2D eigenvalue weighted by Crippen LogP contribution is -2.57. The van der Waals surface area contributed by atoms with E-state index in [-0.39, 0.29) is 38.1 Å². The molecule has 2 N–H and O–H groups in total. The minimum absolute atomic E-state index is 0.225. The first kappa shape index (κ1) is 24.1. The lowest BCUT2D eigenvalue weighted by Gasteiger charge is -2.37. The van der Waals surface area contributed by atoms with Crippen molar-refractivity contribution in [3.63, 3.8) is 0 Å². The molecule has 2 aromatic rings. The fourth-order valence-electron chi connectivity index (χ4n) is 3.50. The number of halogens is 3. The van der Waals surface area contributed by atoms with E-state index in [9.17, 15) is 27.6 Å². The molecule has 33 heavy (non-hydrogen) atoms. The van der Waals surface area contributed by atoms with Crippen molar-refractivity contribution in [2.75, 3.05) is 31.5 Å². The van der Waals surface area contributed by atoms with E-state index in [0.717, 1.165) is 18.2 Å². The third kappa shape index (κ3) is 5.82. The summed E-state index contributed by atoms with van der Waals surface area (Å²) in [4.78, 5) is 41.0. The van der Waals surface area contributed by atoms with Crippen LogP contribution in [0.25, 0.3) is 0 Å². The molecule has 4 amide bonds. The minimum atomic E-state index is -1.01. The van der Waals surface area contributed by atoms with Crippen LogP contribution in [0.4, 0.5) is 23.7 Å². The number of nitrogens with one attached hydrogen (secondary N) is 2. The quantitative estimate of drug-likeness (QED) is 0.716. The van der Waals surface area contributed by atoms with Gasteiger partial charge in [0.2, 0.25) is 5.91 Å². The van der Waals surface area contributed by atoms with Crippen LogP contribution in [0.15, 0.2) is 42.5 Å². The monoisotopic (exact) mass is 462 g/mol. The number of rotatable bonds is 5. The molecule has 1 heterocycles. The van der Waals surface area contributed by atoms with Gasteiger partial charge in [0.15, 0.2) is 0 Å². The van der Waals surface area contributed by atoms with Gasteiger partial charge in [0.25, 0.3) is 5.91 Å². The van der Waals surface area contributed by atoms with Crippen molar-refractivity contribution < 1.29 is 27.6 Å². The first-order chi connectivity index (χ1) is 15.7. The molecule has 1 saturated heterocycles. The topological polar surface area (TPSA) is 81.8 Å². The summed E-state index contributed by atoms with van der Waals surface area (Å²) < 4.78 is 40.9. The van der Waals surface area contributed by atoms with Gasteiger partial charge in [0, 0.05) is 31.9 Å². The fourth-order valence-corrected chi connectivity index (χ4v) is 3.50. The Balaban J connectivity index is 1.59. The Morgan fingerprint density at radius 2 is 1.39 bits per heavy atom. The molecule has 3 rings (SSSR count). The van der Waals surface area contributed by atoms with E-state index < -0.39 is 40.9 Å². The number of hydrogen-bond acceptors (Lipinski definition) is 3. The highest BCUT2D eigenvalue weighted by atomic mass is 19.1. The minimum Gasteiger partial charge on any atom is -0.340 e. The fraction of sp³-hybridized carbons (Fsp3) is 0.348. The van der Waals surface area contributed by atoms with Gasteiger partial charge in [-0.15, -0.1) is 0 Å². The lowest BCUT2D eigenvalue weighted by atomic mass is 10.0. The average molecular weight is 462 g/mol. The van der Waals surface area contributed by atoms with Gasteiger partial charge in [-0.05, 0) is 42.3 Å². The highest BCUT2D eigenvalue weighted by Gasteiger charge is 2.33. The molecule has 2 aromatic carbocycles. The van der Waals surface area contributed by atoms with E-state index in [0.29, 0.717) is 5.69 Å². The maximum Gasteiger partial charge on any atom is 0.321 e. The first-order valence-electron chi connectivity index (χ1n) is 10.5. The summed E-state index contributed by atoms with van der Waals surface area (Å²) in [6.45, 7) is 4.38. The molecule has 0 bridgehead atoms. The highest BCUT2D eigenvalue weighted by Crippen LogP contribution is 2.16. The van der Waals surface area contributed by atoms with Gasteiger partial charge >= 0.3 is 6.03 Å². The van der Waals surface area contributed by atoms with Crippen LogP contribution in [0.1, 0.15) is 24.2 Å². The molecule has 0 radical (unpaired) electrons. The second-order valence-corrected chi connectivity index (χ2v) is 8.04. The number of anilines is 1. The second kappa shape index (κ2) is 10.4. The number of carbonyl (C=O) groups excluding carboxylic acids is 3. The Labute approximate surface area is 189 Å². The van der Waals surface area contributed by atoms with Crippen LogP contribution in [0, 0.1) is 23.4 Å². The maximum atomic E-state index is 13.9. The number of urea groups is 1. The Bertz CT molecular complexity index is 1000. The molecule has 0 aromatic heterocycles. The van der Waals surface area contributed by atoms with Gasteiger partial charge in [0.1, 0.15) is 29.1 Å². The van der Waals surface area contributed by atoms with Gasteiger partial charge < -0.3 is 20.4 Å². The van der Waals surface area contributed by atoms with E-state index >= 15 is 0 Å². The van der Waals surface area contributed by atoms with Gasteiger partial charge in [-0.3, -0.25) is 9.59 Å². The molecule has 1 aliphatic heterocycles. The van der Waals surface area contributed by atoms with Crippen molar-refractivity contribution >= 4 is 23.5 Å². The standard InChI is InChI=1S/C23H25F3N4O3/c1-14(2)20(28-21(31)19-17(25)4-3-5-18(19)26)22(32)29-10-12-30(13-11-29)23(33)27-16-8-6-15(24)7-9-16/h3-9,14,20H,10-13H2,1-2H3,(H,27,33)(H,28,31)/t20-/m0/s1. The summed E-state index contributed by atoms with van der Waals surface area (Å²) in [7, 11) is 0. The number of benzene rings is 2. The molecule has 1 aliphatic rings. The van der Waals surface area contributed by atoms with Crippen LogP contribution in [-0.2, 0) is 4.79 Å². The van der Waals surface area contributed by atoms with Gasteiger partial charge in [0.05, 0.1) is 0 Å². The first-order valence-corrected chi connectivity index (χ1v) is 10.5. The zero-order chi connectivity index (χ0) is 24.1. The number of hydrogen-bond donors (Lipinski definition) is 2. The van der Waals surface area contributed by atoms with Gasteiger partial charge in [-0.1, -0.05) is 19.9 Å². The second-order valence-electron chi connectivity index (χ2n) is 8.04. The molecule has 0 saturated carbocycles. The number of nitrogens with zero attached hydrogens (tertiary/aromatic N) is 2. The van der Waals surface area contributed by atoms with Crippen molar-refractivity contribution in [1.82, 2.24) is 15.1 Å².